The molecule has 0 aliphatic heterocycles. The van der Waals surface area contributed by atoms with Gasteiger partial charge in [-0.2, -0.15) is 0 Å². The molecule has 2 rings (SSSR count). The molecule has 1 aromatic rings. The molecule has 0 atom stereocenters. The van der Waals surface area contributed by atoms with Crippen LogP contribution < -0.4 is 0 Å². The summed E-state index contributed by atoms with van der Waals surface area (Å²) in [5.74, 6) is -1.30. The van der Waals surface area contributed by atoms with E-state index in [1.54, 1.807) is 18.2 Å². The molecule has 1 aliphatic rings. The van der Waals surface area contributed by atoms with Crippen LogP contribution in [-0.4, -0.2) is 16.7 Å². The van der Waals surface area contributed by atoms with E-state index in [0.29, 0.717) is 5.56 Å². The first kappa shape index (κ1) is 10.7. The summed E-state index contributed by atoms with van der Waals surface area (Å²) in [6.45, 7) is 0. The maximum Gasteiger partial charge on any atom is 0.228 e. The number of aliphatic hydroxyl groups excluding tert-OH is 1. The number of hydrogen-bond donors (Lipinski definition) is 1. The summed E-state index contributed by atoms with van der Waals surface area (Å²) in [6.07, 6.45) is 0.949. The average molecular weight is 238 g/mol. The topological polar surface area (TPSA) is 54.4 Å². The zero-order valence-electron chi connectivity index (χ0n) is 6.95. The van der Waals surface area contributed by atoms with Crippen molar-refractivity contribution in [2.45, 2.75) is 0 Å². The van der Waals surface area contributed by atoms with Crippen molar-refractivity contribution < 1.29 is 31.8 Å². The van der Waals surface area contributed by atoms with Crippen LogP contribution in [0.2, 0.25) is 0 Å². The van der Waals surface area contributed by atoms with Crippen LogP contribution in [0.25, 0.3) is 0 Å². The van der Waals surface area contributed by atoms with Gasteiger partial charge in [0.05, 0.1) is 0 Å². The summed E-state index contributed by atoms with van der Waals surface area (Å²) < 4.78 is 0. The molecular formula is C10H6CuO3. The van der Waals surface area contributed by atoms with Crippen molar-refractivity contribution in [3.05, 3.63) is 47.2 Å². The van der Waals surface area contributed by atoms with Crippen molar-refractivity contribution >= 4 is 11.6 Å². The summed E-state index contributed by atoms with van der Waals surface area (Å²) in [5.41, 5.74) is 0.623. The fourth-order valence-corrected chi connectivity index (χ4v) is 1.30. The molecule has 75 valence electrons. The van der Waals surface area contributed by atoms with Crippen LogP contribution in [0, 0.1) is 0 Å². The van der Waals surface area contributed by atoms with Gasteiger partial charge in [-0.05, 0) is 0 Å². The van der Waals surface area contributed by atoms with E-state index in [9.17, 15) is 9.59 Å². The van der Waals surface area contributed by atoms with Crippen LogP contribution in [-0.2, 0) is 17.1 Å². The molecular weight excluding hydrogens is 232 g/mol. The summed E-state index contributed by atoms with van der Waals surface area (Å²) in [6, 6.07) is 6.43. The third-order valence-electron chi connectivity index (χ3n) is 1.94. The molecule has 0 amide bonds. The van der Waals surface area contributed by atoms with Crippen LogP contribution >= 0.6 is 0 Å². The van der Waals surface area contributed by atoms with Crippen LogP contribution in [0.3, 0.4) is 0 Å². The van der Waals surface area contributed by atoms with Crippen molar-refractivity contribution in [3.63, 3.8) is 0 Å². The summed E-state index contributed by atoms with van der Waals surface area (Å²) in [7, 11) is 0. The maximum absolute atomic E-state index is 11.3. The predicted octanol–water partition coefficient (Wildman–Crippen LogP) is 1.51. The number of fused-ring (bicyclic) bond motifs is 1. The number of carbonyl (C=O) groups is 2. The van der Waals surface area contributed by atoms with Crippen LogP contribution in [0.1, 0.15) is 20.7 Å². The molecule has 1 radical (unpaired) electrons. The molecule has 0 unspecified atom stereocenters. The molecule has 1 aliphatic carbocycles. The van der Waals surface area contributed by atoms with Gasteiger partial charge >= 0.3 is 0 Å². The second-order valence-electron chi connectivity index (χ2n) is 2.77. The van der Waals surface area contributed by atoms with E-state index >= 15 is 0 Å². The van der Waals surface area contributed by atoms with E-state index in [4.69, 9.17) is 5.11 Å². The Bertz CT molecular complexity index is 435. The molecule has 4 heteroatoms. The van der Waals surface area contributed by atoms with E-state index in [1.807, 2.05) is 0 Å². The number of benzene rings is 1. The van der Waals surface area contributed by atoms with Crippen LogP contribution in [0.15, 0.2) is 36.1 Å². The summed E-state index contributed by atoms with van der Waals surface area (Å²) in [4.78, 5) is 22.5. The predicted molar refractivity (Wildman–Crippen MR) is 45.8 cm³/mol. The van der Waals surface area contributed by atoms with Gasteiger partial charge in [-0.1, -0.05) is 24.3 Å². The molecule has 0 saturated heterocycles. The van der Waals surface area contributed by atoms with Crippen molar-refractivity contribution in [2.24, 2.45) is 0 Å². The Balaban J connectivity index is 0.000000980. The van der Waals surface area contributed by atoms with E-state index in [1.165, 1.54) is 6.07 Å². The van der Waals surface area contributed by atoms with Gasteiger partial charge in [0.15, 0.2) is 11.5 Å². The number of ketones is 2. The number of aliphatic hydroxyl groups is 1. The first-order valence-electron chi connectivity index (χ1n) is 3.79. The van der Waals surface area contributed by atoms with Gasteiger partial charge in [0, 0.05) is 34.3 Å². The Labute approximate surface area is 90.9 Å². The molecule has 3 nitrogen and oxygen atoms in total. The first-order chi connectivity index (χ1) is 6.20. The Hall–Kier alpha value is -1.38. The normalized spacial score (nSPS) is 14.1. The minimum Gasteiger partial charge on any atom is -0.504 e. The average Bonchev–Trinajstić information content (AvgIpc) is 2.15. The second-order valence-corrected chi connectivity index (χ2v) is 2.77. The van der Waals surface area contributed by atoms with Crippen LogP contribution in [0.5, 0.6) is 0 Å². The second kappa shape index (κ2) is 3.78. The third kappa shape index (κ3) is 1.50. The first-order valence-corrected chi connectivity index (χ1v) is 3.79. The van der Waals surface area contributed by atoms with Gasteiger partial charge in [0.25, 0.3) is 0 Å². The fourth-order valence-electron chi connectivity index (χ4n) is 1.30. The Morgan fingerprint density at radius 1 is 1.00 bits per heavy atom. The molecule has 0 aromatic heterocycles. The zero-order chi connectivity index (χ0) is 9.42. The number of rotatable bonds is 0. The Kier molecular flexibility index (Phi) is 2.89. The molecule has 14 heavy (non-hydrogen) atoms. The Morgan fingerprint density at radius 2 is 1.57 bits per heavy atom. The monoisotopic (exact) mass is 237 g/mol. The minimum absolute atomic E-state index is 0. The molecule has 0 heterocycles. The van der Waals surface area contributed by atoms with Gasteiger partial charge in [0.2, 0.25) is 5.78 Å². The summed E-state index contributed by atoms with van der Waals surface area (Å²) >= 11 is 0. The molecule has 1 N–H and O–H groups in total. The third-order valence-corrected chi connectivity index (χ3v) is 1.94. The fraction of sp³-hybridized carbons (Fsp3) is 0. The smallest absolute Gasteiger partial charge is 0.228 e. The van der Waals surface area contributed by atoms with Crippen molar-refractivity contribution in [2.75, 3.05) is 0 Å². The standard InChI is InChI=1S/C10H6O3.Cu/c11-8-5-9(12)10(13)7-4-2-1-3-6(7)8;/h1-5,12H;. The van der Waals surface area contributed by atoms with Crippen molar-refractivity contribution in [1.82, 2.24) is 0 Å². The van der Waals surface area contributed by atoms with Gasteiger partial charge in [-0.3, -0.25) is 9.59 Å². The quantitative estimate of drug-likeness (QED) is 0.696. The molecule has 0 bridgehead atoms. The molecule has 0 fully saturated rings. The van der Waals surface area contributed by atoms with Crippen molar-refractivity contribution in [1.29, 1.82) is 0 Å². The maximum atomic E-state index is 11.3. The minimum atomic E-state index is -0.491. The Morgan fingerprint density at radius 3 is 2.21 bits per heavy atom. The van der Waals surface area contributed by atoms with Crippen molar-refractivity contribution in [3.8, 4) is 0 Å². The molecule has 0 saturated carbocycles. The SMILES string of the molecule is O=C1C=C(O)C(=O)c2ccccc21.[Cu]. The number of hydrogen-bond acceptors (Lipinski definition) is 3. The number of allylic oxidation sites excluding steroid dienone is 2. The number of Topliss-reactive ketones (excluding diaryl/α,β-unsaturated/α-hetero) is 1. The number of carbonyl (C=O) groups excluding carboxylic acids is 2. The zero-order valence-corrected chi connectivity index (χ0v) is 7.89. The van der Waals surface area contributed by atoms with Crippen LogP contribution in [0.4, 0.5) is 0 Å². The molecule has 0 spiro atoms. The largest absolute Gasteiger partial charge is 0.504 e. The van der Waals surface area contributed by atoms with E-state index in [0.717, 1.165) is 6.08 Å². The van der Waals surface area contributed by atoms with Gasteiger partial charge < -0.3 is 5.11 Å². The molecule has 1 aromatic carbocycles. The van der Waals surface area contributed by atoms with E-state index in [-0.39, 0.29) is 28.4 Å². The summed E-state index contributed by atoms with van der Waals surface area (Å²) in [5, 5.41) is 9.09. The van der Waals surface area contributed by atoms with E-state index < -0.39 is 11.5 Å². The van der Waals surface area contributed by atoms with Gasteiger partial charge in [-0.25, -0.2) is 0 Å². The van der Waals surface area contributed by atoms with Gasteiger partial charge in [-0.15, -0.1) is 0 Å². The van der Waals surface area contributed by atoms with E-state index in [2.05, 4.69) is 0 Å². The van der Waals surface area contributed by atoms with Gasteiger partial charge in [0.1, 0.15) is 0 Å².